The summed E-state index contributed by atoms with van der Waals surface area (Å²) in [5, 5.41) is 0. The molecule has 1 saturated carbocycles. The van der Waals surface area contributed by atoms with Gasteiger partial charge in [-0.05, 0) is 31.9 Å². The van der Waals surface area contributed by atoms with Crippen LogP contribution >= 0.6 is 0 Å². The quantitative estimate of drug-likeness (QED) is 0.782. The monoisotopic (exact) mass is 272 g/mol. The number of ether oxygens (including phenoxy) is 1. The zero-order chi connectivity index (χ0) is 14.0. The van der Waals surface area contributed by atoms with E-state index >= 15 is 0 Å². The van der Waals surface area contributed by atoms with Crippen LogP contribution in [0.25, 0.3) is 0 Å². The molecule has 1 fully saturated rings. The molecule has 104 valence electrons. The van der Waals surface area contributed by atoms with Gasteiger partial charge in [0.2, 0.25) is 0 Å². The molecule has 0 atom stereocenters. The van der Waals surface area contributed by atoms with Gasteiger partial charge in [0.1, 0.15) is 11.6 Å². The summed E-state index contributed by atoms with van der Waals surface area (Å²) in [6.07, 6.45) is 7.66. The average Bonchev–Trinajstić information content (AvgIpc) is 3.03. The summed E-state index contributed by atoms with van der Waals surface area (Å²) in [5.74, 6) is 1.34. The van der Waals surface area contributed by atoms with Crippen molar-refractivity contribution in [2.75, 3.05) is 6.61 Å². The molecule has 0 saturated heterocycles. The van der Waals surface area contributed by atoms with E-state index in [1.807, 2.05) is 12.1 Å². The van der Waals surface area contributed by atoms with Crippen molar-refractivity contribution in [1.29, 1.82) is 0 Å². The predicted octanol–water partition coefficient (Wildman–Crippen LogP) is 2.52. The largest absolute Gasteiger partial charge is 0.469 e. The molecule has 0 aromatic carbocycles. The van der Waals surface area contributed by atoms with Gasteiger partial charge < -0.3 is 9.15 Å². The number of hydrogen-bond acceptors (Lipinski definition) is 5. The lowest BCUT2D eigenvalue weighted by Gasteiger charge is -2.10. The predicted molar refractivity (Wildman–Crippen MR) is 71.3 cm³/mol. The maximum Gasteiger partial charge on any atom is 0.341 e. The molecular weight excluding hydrogens is 256 g/mol. The first-order valence-electron chi connectivity index (χ1n) is 6.75. The lowest BCUT2D eigenvalue weighted by Crippen LogP contribution is -2.13. The van der Waals surface area contributed by atoms with Crippen molar-refractivity contribution in [3.8, 4) is 0 Å². The van der Waals surface area contributed by atoms with Gasteiger partial charge in [0.25, 0.3) is 0 Å². The molecule has 0 spiro atoms. The third-order valence-corrected chi connectivity index (χ3v) is 3.61. The van der Waals surface area contributed by atoms with Crippen LogP contribution in [0.4, 0.5) is 0 Å². The Morgan fingerprint density at radius 2 is 2.15 bits per heavy atom. The fourth-order valence-corrected chi connectivity index (χ4v) is 2.31. The lowest BCUT2D eigenvalue weighted by molar-refractivity contribution is 0.0525. The molecule has 1 aliphatic carbocycles. The molecule has 0 N–H and O–H groups in total. The van der Waals surface area contributed by atoms with Gasteiger partial charge in [-0.3, -0.25) is 0 Å². The smallest absolute Gasteiger partial charge is 0.341 e. The first kappa shape index (κ1) is 12.8. The van der Waals surface area contributed by atoms with Gasteiger partial charge in [0.15, 0.2) is 0 Å². The number of carbonyl (C=O) groups excluding carboxylic acids is 1. The Bertz CT molecular complexity index is 586. The highest BCUT2D eigenvalue weighted by molar-refractivity contribution is 5.88. The standard InChI is InChI=1S/C15H16N2O3/c1-2-19-14(18)11-9-16-13(17-10-11)8-15(5-6-15)12-4-3-7-20-12/h3-4,7,9-10H,2,5-6,8H2,1H3. The van der Waals surface area contributed by atoms with Gasteiger partial charge in [-0.25, -0.2) is 14.8 Å². The summed E-state index contributed by atoms with van der Waals surface area (Å²) < 4.78 is 10.4. The third-order valence-electron chi connectivity index (χ3n) is 3.61. The van der Waals surface area contributed by atoms with Crippen LogP contribution in [0.1, 0.15) is 41.7 Å². The second kappa shape index (κ2) is 5.07. The van der Waals surface area contributed by atoms with E-state index in [1.165, 1.54) is 12.4 Å². The Labute approximate surface area is 117 Å². The van der Waals surface area contributed by atoms with Crippen LogP contribution in [-0.2, 0) is 16.6 Å². The highest BCUT2D eigenvalue weighted by Crippen LogP contribution is 2.50. The Balaban J connectivity index is 1.71. The highest BCUT2D eigenvalue weighted by atomic mass is 16.5. The molecule has 2 aromatic rings. The van der Waals surface area contributed by atoms with Crippen LogP contribution in [0.3, 0.4) is 0 Å². The van der Waals surface area contributed by atoms with Crippen molar-refractivity contribution in [1.82, 2.24) is 9.97 Å². The van der Waals surface area contributed by atoms with E-state index in [2.05, 4.69) is 9.97 Å². The Kier molecular flexibility index (Phi) is 3.26. The first-order chi connectivity index (χ1) is 9.73. The molecule has 5 heteroatoms. The van der Waals surface area contributed by atoms with E-state index in [4.69, 9.17) is 9.15 Å². The summed E-state index contributed by atoms with van der Waals surface area (Å²) in [5.41, 5.74) is 0.438. The van der Waals surface area contributed by atoms with E-state index in [0.29, 0.717) is 12.2 Å². The number of hydrogen-bond donors (Lipinski definition) is 0. The van der Waals surface area contributed by atoms with Gasteiger partial charge in [-0.15, -0.1) is 0 Å². The van der Waals surface area contributed by atoms with Crippen molar-refractivity contribution in [2.24, 2.45) is 0 Å². The number of rotatable bonds is 5. The molecule has 1 aliphatic rings. The van der Waals surface area contributed by atoms with E-state index in [1.54, 1.807) is 13.2 Å². The summed E-state index contributed by atoms with van der Waals surface area (Å²) in [7, 11) is 0. The molecule has 0 aliphatic heterocycles. The number of aromatic nitrogens is 2. The second-order valence-corrected chi connectivity index (χ2v) is 5.04. The van der Waals surface area contributed by atoms with Crippen LogP contribution < -0.4 is 0 Å². The van der Waals surface area contributed by atoms with Gasteiger partial charge in [0, 0.05) is 24.2 Å². The topological polar surface area (TPSA) is 65.2 Å². The number of furan rings is 1. The van der Waals surface area contributed by atoms with Gasteiger partial charge >= 0.3 is 5.97 Å². The lowest BCUT2D eigenvalue weighted by atomic mass is 9.99. The second-order valence-electron chi connectivity index (χ2n) is 5.04. The van der Waals surface area contributed by atoms with Crippen LogP contribution in [-0.4, -0.2) is 22.5 Å². The zero-order valence-electron chi connectivity index (χ0n) is 11.3. The summed E-state index contributed by atoms with van der Waals surface area (Å²) in [6, 6.07) is 3.90. The normalized spacial score (nSPS) is 15.8. The first-order valence-corrected chi connectivity index (χ1v) is 6.75. The minimum absolute atomic E-state index is 0.0505. The molecule has 3 rings (SSSR count). The maximum absolute atomic E-state index is 11.5. The summed E-state index contributed by atoms with van der Waals surface area (Å²) >= 11 is 0. The highest BCUT2D eigenvalue weighted by Gasteiger charge is 2.47. The van der Waals surface area contributed by atoms with Crippen molar-refractivity contribution in [2.45, 2.75) is 31.6 Å². The molecular formula is C15H16N2O3. The van der Waals surface area contributed by atoms with Crippen molar-refractivity contribution >= 4 is 5.97 Å². The number of carbonyl (C=O) groups is 1. The van der Waals surface area contributed by atoms with Crippen molar-refractivity contribution in [3.63, 3.8) is 0 Å². The van der Waals surface area contributed by atoms with E-state index in [9.17, 15) is 4.79 Å². The van der Waals surface area contributed by atoms with Gasteiger partial charge in [0.05, 0.1) is 18.4 Å². The van der Waals surface area contributed by atoms with Crippen LogP contribution in [0.5, 0.6) is 0 Å². The molecule has 5 nitrogen and oxygen atoms in total. The fraction of sp³-hybridized carbons (Fsp3) is 0.400. The third kappa shape index (κ3) is 2.43. The molecule has 0 bridgehead atoms. The van der Waals surface area contributed by atoms with Crippen molar-refractivity contribution in [3.05, 3.63) is 47.9 Å². The SMILES string of the molecule is CCOC(=O)c1cnc(CC2(c3ccco3)CC2)nc1. The maximum atomic E-state index is 11.5. The Morgan fingerprint density at radius 3 is 2.70 bits per heavy atom. The Morgan fingerprint density at radius 1 is 1.40 bits per heavy atom. The average molecular weight is 272 g/mol. The van der Waals surface area contributed by atoms with E-state index in [0.717, 1.165) is 30.8 Å². The number of nitrogens with zero attached hydrogens (tertiary/aromatic N) is 2. The molecule has 2 heterocycles. The van der Waals surface area contributed by atoms with Crippen LogP contribution in [0.2, 0.25) is 0 Å². The minimum atomic E-state index is -0.383. The zero-order valence-corrected chi connectivity index (χ0v) is 11.3. The van der Waals surface area contributed by atoms with Gasteiger partial charge in [-0.1, -0.05) is 0 Å². The van der Waals surface area contributed by atoms with E-state index in [-0.39, 0.29) is 11.4 Å². The minimum Gasteiger partial charge on any atom is -0.469 e. The summed E-state index contributed by atoms with van der Waals surface area (Å²) in [6.45, 7) is 2.12. The fourth-order valence-electron chi connectivity index (χ4n) is 2.31. The number of esters is 1. The molecule has 0 unspecified atom stereocenters. The molecule has 0 amide bonds. The van der Waals surface area contributed by atoms with Crippen molar-refractivity contribution < 1.29 is 13.9 Å². The molecule has 0 radical (unpaired) electrons. The van der Waals surface area contributed by atoms with E-state index < -0.39 is 0 Å². The molecule has 2 aromatic heterocycles. The Hall–Kier alpha value is -2.17. The van der Waals surface area contributed by atoms with Crippen LogP contribution in [0, 0.1) is 0 Å². The van der Waals surface area contributed by atoms with Gasteiger partial charge in [-0.2, -0.15) is 0 Å². The summed E-state index contributed by atoms with van der Waals surface area (Å²) in [4.78, 5) is 20.1. The molecule has 20 heavy (non-hydrogen) atoms. The van der Waals surface area contributed by atoms with Crippen LogP contribution in [0.15, 0.2) is 35.2 Å².